The molecule has 0 amide bonds. The fourth-order valence-electron chi connectivity index (χ4n) is 7.20. The maximum absolute atomic E-state index is 10.5. The molecule has 48 heavy (non-hydrogen) atoms. The SMILES string of the molecule is Oc1ccc(C(c2ccccc2)(c2ccccc2)c2ccc(C(c3ccccc3)(c3ccccc3)c3ccc(O)c(Cl)c3)cc2)cc1Cl. The number of aromatic hydroxyl groups is 2. The van der Waals surface area contributed by atoms with E-state index >= 15 is 0 Å². The second kappa shape index (κ2) is 13.1. The highest BCUT2D eigenvalue weighted by Gasteiger charge is 2.41. The van der Waals surface area contributed by atoms with E-state index in [0.717, 1.165) is 44.5 Å². The van der Waals surface area contributed by atoms with Crippen molar-refractivity contribution in [2.24, 2.45) is 0 Å². The van der Waals surface area contributed by atoms with Gasteiger partial charge in [0.2, 0.25) is 0 Å². The molecule has 0 spiro atoms. The number of benzene rings is 7. The Hall–Kier alpha value is -5.28. The maximum atomic E-state index is 10.5. The molecule has 0 saturated carbocycles. The molecule has 2 nitrogen and oxygen atoms in total. The van der Waals surface area contributed by atoms with E-state index in [2.05, 4.69) is 72.8 Å². The summed E-state index contributed by atoms with van der Waals surface area (Å²) >= 11 is 13.2. The van der Waals surface area contributed by atoms with Gasteiger partial charge in [-0.2, -0.15) is 0 Å². The van der Waals surface area contributed by atoms with Gasteiger partial charge in [-0.15, -0.1) is 0 Å². The molecule has 0 fully saturated rings. The predicted octanol–water partition coefficient (Wildman–Crippen LogP) is 11.2. The van der Waals surface area contributed by atoms with Gasteiger partial charge in [-0.25, -0.2) is 0 Å². The highest BCUT2D eigenvalue weighted by molar-refractivity contribution is 6.32. The molecule has 0 radical (unpaired) electrons. The van der Waals surface area contributed by atoms with Crippen molar-refractivity contribution < 1.29 is 10.2 Å². The fraction of sp³-hybridized carbons (Fsp3) is 0.0455. The Bertz CT molecular complexity index is 1910. The van der Waals surface area contributed by atoms with Gasteiger partial charge in [-0.1, -0.05) is 181 Å². The van der Waals surface area contributed by atoms with Gasteiger partial charge in [0.1, 0.15) is 11.5 Å². The zero-order valence-corrected chi connectivity index (χ0v) is 27.5. The zero-order valence-electron chi connectivity index (χ0n) is 26.0. The molecule has 0 atom stereocenters. The first kappa shape index (κ1) is 31.3. The normalized spacial score (nSPS) is 11.7. The Morgan fingerprint density at radius 2 is 0.521 bits per heavy atom. The molecule has 0 aromatic heterocycles. The minimum atomic E-state index is -0.762. The number of hydrogen-bond donors (Lipinski definition) is 2. The summed E-state index contributed by atoms with van der Waals surface area (Å²) in [6, 6.07) is 61.3. The number of rotatable bonds is 8. The van der Waals surface area contributed by atoms with Crippen LogP contribution < -0.4 is 0 Å². The number of halogens is 2. The van der Waals surface area contributed by atoms with Gasteiger partial charge in [-0.3, -0.25) is 0 Å². The number of hydrogen-bond acceptors (Lipinski definition) is 2. The van der Waals surface area contributed by atoms with E-state index in [1.807, 2.05) is 97.1 Å². The average molecular weight is 664 g/mol. The van der Waals surface area contributed by atoms with Crippen LogP contribution in [0.15, 0.2) is 182 Å². The molecule has 0 saturated heterocycles. The monoisotopic (exact) mass is 662 g/mol. The number of phenols is 2. The Morgan fingerprint density at radius 3 is 0.771 bits per heavy atom. The van der Waals surface area contributed by atoms with E-state index in [1.54, 1.807) is 12.1 Å². The van der Waals surface area contributed by atoms with Gasteiger partial charge in [0.05, 0.1) is 20.9 Å². The minimum Gasteiger partial charge on any atom is -0.506 e. The summed E-state index contributed by atoms with van der Waals surface area (Å²) in [4.78, 5) is 0. The maximum Gasteiger partial charge on any atom is 0.134 e. The van der Waals surface area contributed by atoms with Gasteiger partial charge in [-0.05, 0) is 68.8 Å². The average Bonchev–Trinajstić information content (AvgIpc) is 3.14. The summed E-state index contributed by atoms with van der Waals surface area (Å²) in [5.74, 6) is 0.0719. The first-order chi connectivity index (χ1) is 23.5. The van der Waals surface area contributed by atoms with Crippen LogP contribution in [0.4, 0.5) is 0 Å². The summed E-state index contributed by atoms with van der Waals surface area (Å²) in [6.07, 6.45) is 0. The van der Waals surface area contributed by atoms with Crippen LogP contribution in [-0.4, -0.2) is 10.2 Å². The zero-order chi connectivity index (χ0) is 33.1. The molecule has 4 heteroatoms. The lowest BCUT2D eigenvalue weighted by Crippen LogP contribution is -2.33. The molecule has 0 heterocycles. The molecule has 0 aliphatic heterocycles. The van der Waals surface area contributed by atoms with Crippen molar-refractivity contribution in [1.29, 1.82) is 0 Å². The lowest BCUT2D eigenvalue weighted by molar-refractivity contribution is 0.474. The van der Waals surface area contributed by atoms with Crippen LogP contribution in [0.3, 0.4) is 0 Å². The van der Waals surface area contributed by atoms with Crippen molar-refractivity contribution in [2.75, 3.05) is 0 Å². The molecule has 7 aromatic rings. The van der Waals surface area contributed by atoms with Crippen molar-refractivity contribution in [3.8, 4) is 11.5 Å². The molecular weight excluding hydrogens is 631 g/mol. The summed E-state index contributed by atoms with van der Waals surface area (Å²) in [7, 11) is 0. The third kappa shape index (κ3) is 5.24. The third-order valence-electron chi connectivity index (χ3n) is 9.34. The van der Waals surface area contributed by atoms with E-state index in [0.29, 0.717) is 0 Å². The largest absolute Gasteiger partial charge is 0.506 e. The molecule has 234 valence electrons. The van der Waals surface area contributed by atoms with Crippen molar-refractivity contribution in [2.45, 2.75) is 10.8 Å². The van der Waals surface area contributed by atoms with Crippen molar-refractivity contribution in [1.82, 2.24) is 0 Å². The number of phenolic OH excluding ortho intramolecular Hbond substituents is 2. The quantitative estimate of drug-likeness (QED) is 0.159. The highest BCUT2D eigenvalue weighted by Crippen LogP contribution is 2.50. The van der Waals surface area contributed by atoms with Gasteiger partial charge in [0.25, 0.3) is 0 Å². The Kier molecular flexibility index (Phi) is 8.54. The predicted molar refractivity (Wildman–Crippen MR) is 196 cm³/mol. The summed E-state index contributed by atoms with van der Waals surface area (Å²) < 4.78 is 0. The lowest BCUT2D eigenvalue weighted by Gasteiger charge is -2.39. The Morgan fingerprint density at radius 1 is 0.292 bits per heavy atom. The molecule has 7 rings (SSSR count). The van der Waals surface area contributed by atoms with E-state index in [-0.39, 0.29) is 21.5 Å². The van der Waals surface area contributed by atoms with Crippen LogP contribution in [0, 0.1) is 0 Å². The topological polar surface area (TPSA) is 40.5 Å². The molecule has 2 N–H and O–H groups in total. The first-order valence-electron chi connectivity index (χ1n) is 15.8. The van der Waals surface area contributed by atoms with Crippen molar-refractivity contribution >= 4 is 23.2 Å². The Labute approximate surface area is 291 Å². The van der Waals surface area contributed by atoms with Crippen LogP contribution >= 0.6 is 23.2 Å². The van der Waals surface area contributed by atoms with Gasteiger partial charge in [0.15, 0.2) is 0 Å². The molecule has 0 unspecified atom stereocenters. The lowest BCUT2D eigenvalue weighted by atomic mass is 9.63. The molecule has 0 aliphatic rings. The molecule has 0 aliphatic carbocycles. The van der Waals surface area contributed by atoms with E-state index in [9.17, 15) is 10.2 Å². The van der Waals surface area contributed by atoms with Crippen LogP contribution in [0.2, 0.25) is 10.0 Å². The second-order valence-corrected chi connectivity index (χ2v) is 12.7. The smallest absolute Gasteiger partial charge is 0.134 e. The van der Waals surface area contributed by atoms with E-state index in [4.69, 9.17) is 23.2 Å². The molecule has 0 bridgehead atoms. The molecule has 7 aromatic carbocycles. The summed E-state index contributed by atoms with van der Waals surface area (Å²) in [5.41, 5.74) is 6.65. The second-order valence-electron chi connectivity index (χ2n) is 11.9. The fourth-order valence-corrected chi connectivity index (χ4v) is 7.56. The molecular formula is C44H32Cl2O2. The summed E-state index contributed by atoms with van der Waals surface area (Å²) in [5, 5.41) is 21.5. The Balaban J connectivity index is 1.55. The van der Waals surface area contributed by atoms with Crippen LogP contribution in [0.25, 0.3) is 0 Å². The van der Waals surface area contributed by atoms with Crippen molar-refractivity contribution in [3.63, 3.8) is 0 Å². The summed E-state index contributed by atoms with van der Waals surface area (Å²) in [6.45, 7) is 0. The van der Waals surface area contributed by atoms with E-state index in [1.165, 1.54) is 0 Å². The van der Waals surface area contributed by atoms with Crippen LogP contribution in [-0.2, 0) is 10.8 Å². The van der Waals surface area contributed by atoms with Crippen molar-refractivity contribution in [3.05, 3.63) is 237 Å². The highest BCUT2D eigenvalue weighted by atomic mass is 35.5. The van der Waals surface area contributed by atoms with Crippen LogP contribution in [0.5, 0.6) is 11.5 Å². The first-order valence-corrected chi connectivity index (χ1v) is 16.5. The minimum absolute atomic E-state index is 0.0360. The van der Waals surface area contributed by atoms with Gasteiger partial charge >= 0.3 is 0 Å². The van der Waals surface area contributed by atoms with E-state index < -0.39 is 10.8 Å². The third-order valence-corrected chi connectivity index (χ3v) is 9.94. The van der Waals surface area contributed by atoms with Gasteiger partial charge in [0, 0.05) is 0 Å². The standard InChI is InChI=1S/C44H32Cl2O2/c45-39-29-37(25-27-41(39)47)43(31-13-5-1-6-14-31,32-15-7-2-8-16-32)35-21-23-36(24-22-35)44(33-17-9-3-10-18-33,34-19-11-4-12-20-34)38-26-28-42(48)40(46)30-38/h1-30,47-48H. The van der Waals surface area contributed by atoms with Gasteiger partial charge < -0.3 is 10.2 Å². The van der Waals surface area contributed by atoms with Crippen LogP contribution in [0.1, 0.15) is 44.5 Å².